The van der Waals surface area contributed by atoms with Gasteiger partial charge in [0.2, 0.25) is 0 Å². The predicted molar refractivity (Wildman–Crippen MR) is 70.1 cm³/mol. The van der Waals surface area contributed by atoms with E-state index in [1.807, 2.05) is 0 Å². The highest BCUT2D eigenvalue weighted by Gasteiger charge is 2.01. The van der Waals surface area contributed by atoms with Gasteiger partial charge >= 0.3 is 5.97 Å². The number of ether oxygens (including phenoxy) is 2. The molecule has 0 atom stereocenters. The fraction of sp³-hybridized carbons (Fsp3) is 0.929. The van der Waals surface area contributed by atoms with Gasteiger partial charge in [-0.2, -0.15) is 0 Å². The van der Waals surface area contributed by atoms with Crippen LogP contribution in [0.4, 0.5) is 0 Å². The van der Waals surface area contributed by atoms with E-state index in [1.54, 1.807) is 0 Å². The van der Waals surface area contributed by atoms with Crippen molar-refractivity contribution in [1.29, 1.82) is 0 Å². The van der Waals surface area contributed by atoms with E-state index >= 15 is 0 Å². The third-order valence-corrected chi connectivity index (χ3v) is 2.62. The summed E-state index contributed by atoms with van der Waals surface area (Å²) in [5, 5.41) is 0. The standard InChI is InChI=1S/C14H28O3/c1-3-5-7-8-10-14(15)17-13-12-16-11-9-6-4-2/h3-13H2,1-2H3. The average molecular weight is 244 g/mol. The van der Waals surface area contributed by atoms with Crippen LogP contribution in [0, 0.1) is 0 Å². The number of esters is 1. The first kappa shape index (κ1) is 16.4. The predicted octanol–water partition coefficient (Wildman–Crippen LogP) is 3.71. The average Bonchev–Trinajstić information content (AvgIpc) is 2.33. The molecule has 102 valence electrons. The summed E-state index contributed by atoms with van der Waals surface area (Å²) in [6.07, 6.45) is 8.53. The van der Waals surface area contributed by atoms with Gasteiger partial charge in [-0.15, -0.1) is 0 Å². The zero-order valence-corrected chi connectivity index (χ0v) is 11.5. The number of unbranched alkanes of at least 4 members (excludes halogenated alkanes) is 5. The summed E-state index contributed by atoms with van der Waals surface area (Å²) in [4.78, 5) is 11.3. The Balaban J connectivity index is 3.11. The van der Waals surface area contributed by atoms with Crippen LogP contribution >= 0.6 is 0 Å². The molecule has 0 aliphatic rings. The van der Waals surface area contributed by atoms with Crippen molar-refractivity contribution in [3.8, 4) is 0 Å². The monoisotopic (exact) mass is 244 g/mol. The number of carbonyl (C=O) groups excluding carboxylic acids is 1. The van der Waals surface area contributed by atoms with Crippen LogP contribution in [0.15, 0.2) is 0 Å². The lowest BCUT2D eigenvalue weighted by molar-refractivity contribution is -0.145. The quantitative estimate of drug-likeness (QED) is 0.388. The van der Waals surface area contributed by atoms with Crippen LogP contribution in [0.5, 0.6) is 0 Å². The van der Waals surface area contributed by atoms with E-state index in [1.165, 1.54) is 25.7 Å². The molecule has 0 N–H and O–H groups in total. The Morgan fingerprint density at radius 3 is 2.24 bits per heavy atom. The Morgan fingerprint density at radius 1 is 0.824 bits per heavy atom. The molecule has 0 unspecified atom stereocenters. The first-order chi connectivity index (χ1) is 8.31. The van der Waals surface area contributed by atoms with E-state index in [4.69, 9.17) is 9.47 Å². The van der Waals surface area contributed by atoms with Crippen LogP contribution in [0.3, 0.4) is 0 Å². The van der Waals surface area contributed by atoms with E-state index < -0.39 is 0 Å². The van der Waals surface area contributed by atoms with Gasteiger partial charge in [0, 0.05) is 13.0 Å². The highest BCUT2D eigenvalue weighted by atomic mass is 16.6. The molecule has 0 aliphatic heterocycles. The van der Waals surface area contributed by atoms with Crippen molar-refractivity contribution in [2.24, 2.45) is 0 Å². The molecule has 0 heterocycles. The molecule has 0 saturated heterocycles. The molecule has 3 heteroatoms. The first-order valence-electron chi connectivity index (χ1n) is 7.04. The minimum Gasteiger partial charge on any atom is -0.463 e. The summed E-state index contributed by atoms with van der Waals surface area (Å²) in [7, 11) is 0. The molecule has 0 aromatic heterocycles. The van der Waals surface area contributed by atoms with E-state index in [-0.39, 0.29) is 5.97 Å². The minimum absolute atomic E-state index is 0.0849. The van der Waals surface area contributed by atoms with Crippen LogP contribution in [-0.4, -0.2) is 25.8 Å². The summed E-state index contributed by atoms with van der Waals surface area (Å²) in [6, 6.07) is 0. The van der Waals surface area contributed by atoms with Gasteiger partial charge in [0.05, 0.1) is 6.61 Å². The van der Waals surface area contributed by atoms with Gasteiger partial charge in [0.15, 0.2) is 0 Å². The van der Waals surface area contributed by atoms with E-state index in [0.29, 0.717) is 19.6 Å². The van der Waals surface area contributed by atoms with Gasteiger partial charge in [-0.3, -0.25) is 4.79 Å². The maximum Gasteiger partial charge on any atom is 0.305 e. The van der Waals surface area contributed by atoms with Crippen LogP contribution in [0.1, 0.15) is 65.2 Å². The molecule has 0 rings (SSSR count). The molecule has 17 heavy (non-hydrogen) atoms. The largest absolute Gasteiger partial charge is 0.463 e. The van der Waals surface area contributed by atoms with Crippen molar-refractivity contribution < 1.29 is 14.3 Å². The van der Waals surface area contributed by atoms with E-state index in [0.717, 1.165) is 25.9 Å². The molecular weight excluding hydrogens is 216 g/mol. The summed E-state index contributed by atoms with van der Waals surface area (Å²) < 4.78 is 10.4. The normalized spacial score (nSPS) is 10.5. The van der Waals surface area contributed by atoms with Gasteiger partial charge < -0.3 is 9.47 Å². The van der Waals surface area contributed by atoms with Crippen molar-refractivity contribution in [2.75, 3.05) is 19.8 Å². The third-order valence-electron chi connectivity index (χ3n) is 2.62. The van der Waals surface area contributed by atoms with Gasteiger partial charge in [0.25, 0.3) is 0 Å². The zero-order chi connectivity index (χ0) is 12.8. The smallest absolute Gasteiger partial charge is 0.305 e. The number of hydrogen-bond acceptors (Lipinski definition) is 3. The lowest BCUT2D eigenvalue weighted by Crippen LogP contribution is -2.10. The first-order valence-corrected chi connectivity index (χ1v) is 7.04. The van der Waals surface area contributed by atoms with Gasteiger partial charge in [0.1, 0.15) is 6.61 Å². The van der Waals surface area contributed by atoms with Crippen LogP contribution in [-0.2, 0) is 14.3 Å². The van der Waals surface area contributed by atoms with Crippen LogP contribution < -0.4 is 0 Å². The van der Waals surface area contributed by atoms with Crippen molar-refractivity contribution in [3.63, 3.8) is 0 Å². The highest BCUT2D eigenvalue weighted by Crippen LogP contribution is 2.03. The number of hydrogen-bond donors (Lipinski definition) is 0. The zero-order valence-electron chi connectivity index (χ0n) is 11.5. The number of carbonyl (C=O) groups is 1. The second kappa shape index (κ2) is 13.5. The molecule has 0 amide bonds. The third kappa shape index (κ3) is 13.4. The Hall–Kier alpha value is -0.570. The molecule has 0 aromatic carbocycles. The second-order valence-electron chi connectivity index (χ2n) is 4.35. The molecule has 0 saturated carbocycles. The van der Waals surface area contributed by atoms with Gasteiger partial charge in [-0.25, -0.2) is 0 Å². The second-order valence-corrected chi connectivity index (χ2v) is 4.35. The van der Waals surface area contributed by atoms with Crippen molar-refractivity contribution >= 4 is 5.97 Å². The SMILES string of the molecule is CCCCCCC(=O)OCCOCCCCC. The van der Waals surface area contributed by atoms with Crippen LogP contribution in [0.25, 0.3) is 0 Å². The summed E-state index contributed by atoms with van der Waals surface area (Å²) in [5.74, 6) is -0.0849. The van der Waals surface area contributed by atoms with Crippen LogP contribution in [0.2, 0.25) is 0 Å². The molecule has 0 bridgehead atoms. The maximum atomic E-state index is 11.3. The fourth-order valence-electron chi connectivity index (χ4n) is 1.54. The van der Waals surface area contributed by atoms with E-state index in [2.05, 4.69) is 13.8 Å². The summed E-state index contributed by atoms with van der Waals surface area (Å²) in [6.45, 7) is 6.04. The topological polar surface area (TPSA) is 35.5 Å². The summed E-state index contributed by atoms with van der Waals surface area (Å²) in [5.41, 5.74) is 0. The molecule has 0 spiro atoms. The Bertz CT molecular complexity index is 169. The molecule has 0 aliphatic carbocycles. The minimum atomic E-state index is -0.0849. The lowest BCUT2D eigenvalue weighted by atomic mass is 10.2. The maximum absolute atomic E-state index is 11.3. The van der Waals surface area contributed by atoms with Crippen molar-refractivity contribution in [3.05, 3.63) is 0 Å². The molecule has 0 fully saturated rings. The van der Waals surface area contributed by atoms with Gasteiger partial charge in [-0.05, 0) is 12.8 Å². The van der Waals surface area contributed by atoms with E-state index in [9.17, 15) is 4.79 Å². The molecule has 3 nitrogen and oxygen atoms in total. The summed E-state index contributed by atoms with van der Waals surface area (Å²) >= 11 is 0. The highest BCUT2D eigenvalue weighted by molar-refractivity contribution is 5.69. The Morgan fingerprint density at radius 2 is 1.53 bits per heavy atom. The van der Waals surface area contributed by atoms with Gasteiger partial charge in [-0.1, -0.05) is 46.0 Å². The number of rotatable bonds is 12. The molecule has 0 radical (unpaired) electrons. The Kier molecular flexibility index (Phi) is 13.0. The van der Waals surface area contributed by atoms with Crippen molar-refractivity contribution in [2.45, 2.75) is 65.2 Å². The molecular formula is C14H28O3. The lowest BCUT2D eigenvalue weighted by Gasteiger charge is -2.05. The van der Waals surface area contributed by atoms with Crippen molar-refractivity contribution in [1.82, 2.24) is 0 Å². The fourth-order valence-corrected chi connectivity index (χ4v) is 1.54. The Labute approximate surface area is 106 Å². The molecule has 0 aromatic rings.